The van der Waals surface area contributed by atoms with Gasteiger partial charge in [-0.2, -0.15) is 0 Å². The van der Waals surface area contributed by atoms with Crippen molar-refractivity contribution in [3.63, 3.8) is 0 Å². The molecule has 2 rings (SSSR count). The molecule has 3 heteroatoms. The van der Waals surface area contributed by atoms with Crippen molar-refractivity contribution < 1.29 is 5.11 Å². The van der Waals surface area contributed by atoms with Crippen molar-refractivity contribution in [1.29, 1.82) is 0 Å². The van der Waals surface area contributed by atoms with Crippen LogP contribution in [-0.2, 0) is 0 Å². The Labute approximate surface area is 92.6 Å². The van der Waals surface area contributed by atoms with Gasteiger partial charge in [0.15, 0.2) is 0 Å². The van der Waals surface area contributed by atoms with Gasteiger partial charge in [0, 0.05) is 12.6 Å². The van der Waals surface area contributed by atoms with Gasteiger partial charge in [-0.3, -0.25) is 0 Å². The third-order valence-electron chi connectivity index (χ3n) is 4.24. The summed E-state index contributed by atoms with van der Waals surface area (Å²) in [6.45, 7) is 1.99. The van der Waals surface area contributed by atoms with Gasteiger partial charge in [-0.05, 0) is 51.1 Å². The molecule has 0 aliphatic heterocycles. The van der Waals surface area contributed by atoms with Crippen LogP contribution in [0.3, 0.4) is 0 Å². The minimum Gasteiger partial charge on any atom is -0.393 e. The van der Waals surface area contributed by atoms with E-state index >= 15 is 0 Å². The number of aliphatic hydroxyl groups excluding tert-OH is 1. The summed E-state index contributed by atoms with van der Waals surface area (Å²) in [4.78, 5) is 2.49. The third kappa shape index (κ3) is 2.52. The van der Waals surface area contributed by atoms with Gasteiger partial charge in [0.1, 0.15) is 0 Å². The van der Waals surface area contributed by atoms with Crippen LogP contribution in [0.5, 0.6) is 0 Å². The van der Waals surface area contributed by atoms with Crippen molar-refractivity contribution >= 4 is 0 Å². The smallest absolute Gasteiger partial charge is 0.0546 e. The monoisotopic (exact) mass is 212 g/mol. The van der Waals surface area contributed by atoms with Gasteiger partial charge >= 0.3 is 0 Å². The van der Waals surface area contributed by atoms with E-state index in [-0.39, 0.29) is 6.10 Å². The first-order chi connectivity index (χ1) is 7.20. The van der Waals surface area contributed by atoms with E-state index in [4.69, 9.17) is 5.73 Å². The summed E-state index contributed by atoms with van der Waals surface area (Å²) in [5, 5.41) is 9.26. The second kappa shape index (κ2) is 4.81. The summed E-state index contributed by atoms with van der Waals surface area (Å²) in [6.07, 6.45) is 5.95. The minimum absolute atomic E-state index is 0.0164. The molecule has 3 nitrogen and oxygen atoms in total. The first kappa shape index (κ1) is 11.4. The molecule has 0 bridgehead atoms. The molecule has 0 spiro atoms. The number of nitrogens with two attached hydrogens (primary N) is 1. The lowest BCUT2D eigenvalue weighted by molar-refractivity contribution is 0.0192. The Morgan fingerprint density at radius 2 is 2.07 bits per heavy atom. The van der Waals surface area contributed by atoms with Crippen LogP contribution in [0.25, 0.3) is 0 Å². The van der Waals surface area contributed by atoms with Crippen molar-refractivity contribution in [3.05, 3.63) is 0 Å². The van der Waals surface area contributed by atoms with Gasteiger partial charge in [-0.1, -0.05) is 6.42 Å². The molecular weight excluding hydrogens is 188 g/mol. The number of rotatable bonds is 4. The van der Waals surface area contributed by atoms with Crippen LogP contribution < -0.4 is 5.73 Å². The third-order valence-corrected chi connectivity index (χ3v) is 4.24. The molecular formula is C12H24N2O. The summed E-state index contributed by atoms with van der Waals surface area (Å²) in [7, 11) is 2.23. The molecule has 0 amide bonds. The van der Waals surface area contributed by atoms with E-state index in [1.807, 2.05) is 0 Å². The van der Waals surface area contributed by atoms with E-state index in [2.05, 4.69) is 11.9 Å². The molecule has 0 aromatic rings. The molecule has 0 heterocycles. The van der Waals surface area contributed by atoms with Crippen LogP contribution in [-0.4, -0.2) is 42.3 Å². The highest BCUT2D eigenvalue weighted by atomic mass is 16.3. The van der Waals surface area contributed by atoms with E-state index in [0.29, 0.717) is 12.0 Å². The fraction of sp³-hybridized carbons (Fsp3) is 1.00. The molecule has 2 atom stereocenters. The molecule has 2 aliphatic rings. The first-order valence-electron chi connectivity index (χ1n) is 6.29. The maximum absolute atomic E-state index is 9.26. The average Bonchev–Trinajstić information content (AvgIpc) is 2.62. The molecule has 0 aromatic heterocycles. The quantitative estimate of drug-likeness (QED) is 0.725. The molecule has 3 N–H and O–H groups in total. The summed E-state index contributed by atoms with van der Waals surface area (Å²) < 4.78 is 0. The van der Waals surface area contributed by atoms with Crippen molar-refractivity contribution in [2.45, 2.75) is 44.2 Å². The van der Waals surface area contributed by atoms with Crippen molar-refractivity contribution in [2.24, 2.45) is 17.6 Å². The summed E-state index contributed by atoms with van der Waals surface area (Å²) in [5.74, 6) is 1.43. The molecule has 2 unspecified atom stereocenters. The van der Waals surface area contributed by atoms with Crippen molar-refractivity contribution in [3.8, 4) is 0 Å². The fourth-order valence-electron chi connectivity index (χ4n) is 3.26. The fourth-order valence-corrected chi connectivity index (χ4v) is 3.26. The van der Waals surface area contributed by atoms with E-state index in [1.54, 1.807) is 0 Å². The zero-order chi connectivity index (χ0) is 10.8. The Kier molecular flexibility index (Phi) is 3.65. The summed E-state index contributed by atoms with van der Waals surface area (Å²) >= 11 is 0. The van der Waals surface area contributed by atoms with E-state index in [0.717, 1.165) is 31.8 Å². The van der Waals surface area contributed by atoms with Crippen LogP contribution in [0, 0.1) is 11.8 Å². The first-order valence-corrected chi connectivity index (χ1v) is 6.29. The molecule has 88 valence electrons. The molecule has 0 saturated heterocycles. The van der Waals surface area contributed by atoms with E-state index in [9.17, 15) is 5.11 Å². The molecule has 2 aliphatic carbocycles. The van der Waals surface area contributed by atoms with Gasteiger partial charge in [-0.25, -0.2) is 0 Å². The maximum atomic E-state index is 9.26. The van der Waals surface area contributed by atoms with Gasteiger partial charge in [0.2, 0.25) is 0 Å². The lowest BCUT2D eigenvalue weighted by atomic mass is 9.82. The van der Waals surface area contributed by atoms with Crippen LogP contribution in [0.15, 0.2) is 0 Å². The lowest BCUT2D eigenvalue weighted by Gasteiger charge is -2.38. The standard InChI is InChI=1S/C12H24N2O/c1-14(8-9-5-11(15)6-9)12-4-2-3-10(12)7-13/h9-12,15H,2-8,13H2,1H3. The Hall–Kier alpha value is -0.120. The predicted molar refractivity (Wildman–Crippen MR) is 61.5 cm³/mol. The SMILES string of the molecule is CN(CC1CC(O)C1)C1CCCC1CN. The largest absolute Gasteiger partial charge is 0.393 e. The van der Waals surface area contributed by atoms with Gasteiger partial charge in [0.25, 0.3) is 0 Å². The maximum Gasteiger partial charge on any atom is 0.0546 e. The van der Waals surface area contributed by atoms with Gasteiger partial charge in [-0.15, -0.1) is 0 Å². The molecule has 2 fully saturated rings. The van der Waals surface area contributed by atoms with Crippen LogP contribution in [0.2, 0.25) is 0 Å². The molecule has 0 aromatic carbocycles. The topological polar surface area (TPSA) is 49.5 Å². The van der Waals surface area contributed by atoms with Crippen LogP contribution in [0.4, 0.5) is 0 Å². The number of hydrogen-bond donors (Lipinski definition) is 2. The van der Waals surface area contributed by atoms with Crippen molar-refractivity contribution in [2.75, 3.05) is 20.1 Å². The summed E-state index contributed by atoms with van der Waals surface area (Å²) in [6, 6.07) is 0.702. The molecule has 0 radical (unpaired) electrons. The summed E-state index contributed by atoms with van der Waals surface area (Å²) in [5.41, 5.74) is 5.79. The zero-order valence-corrected chi connectivity index (χ0v) is 9.73. The highest BCUT2D eigenvalue weighted by molar-refractivity contribution is 4.88. The number of aliphatic hydroxyl groups is 1. The Morgan fingerprint density at radius 1 is 1.33 bits per heavy atom. The second-order valence-electron chi connectivity index (χ2n) is 5.42. The highest BCUT2D eigenvalue weighted by Crippen LogP contribution is 2.32. The normalized spacial score (nSPS) is 40.8. The second-order valence-corrected chi connectivity index (χ2v) is 5.42. The van der Waals surface area contributed by atoms with Crippen LogP contribution >= 0.6 is 0 Å². The highest BCUT2D eigenvalue weighted by Gasteiger charge is 2.33. The van der Waals surface area contributed by atoms with Crippen molar-refractivity contribution in [1.82, 2.24) is 4.90 Å². The Morgan fingerprint density at radius 3 is 2.67 bits per heavy atom. The Balaban J connectivity index is 1.77. The minimum atomic E-state index is -0.0164. The zero-order valence-electron chi connectivity index (χ0n) is 9.73. The Bertz CT molecular complexity index is 204. The van der Waals surface area contributed by atoms with Crippen LogP contribution in [0.1, 0.15) is 32.1 Å². The number of nitrogens with zero attached hydrogens (tertiary/aromatic N) is 1. The van der Waals surface area contributed by atoms with Gasteiger partial charge < -0.3 is 15.7 Å². The molecule has 15 heavy (non-hydrogen) atoms. The predicted octanol–water partition coefficient (Wildman–Crippen LogP) is 0.816. The average molecular weight is 212 g/mol. The van der Waals surface area contributed by atoms with E-state index < -0.39 is 0 Å². The van der Waals surface area contributed by atoms with E-state index in [1.165, 1.54) is 19.3 Å². The lowest BCUT2D eigenvalue weighted by Crippen LogP contribution is -2.44. The number of hydrogen-bond acceptors (Lipinski definition) is 3. The molecule has 2 saturated carbocycles. The van der Waals surface area contributed by atoms with Gasteiger partial charge in [0.05, 0.1) is 6.10 Å².